The van der Waals surface area contributed by atoms with Crippen molar-refractivity contribution in [3.8, 4) is 22.8 Å². The molecule has 6 nitrogen and oxygen atoms in total. The molecule has 1 amide bonds. The molecule has 1 aliphatic heterocycles. The van der Waals surface area contributed by atoms with Crippen LogP contribution in [0.1, 0.15) is 41.0 Å². The number of methoxy groups -OCH3 is 1. The maximum absolute atomic E-state index is 13.0. The molecule has 2 N–H and O–H groups in total. The molecule has 0 saturated heterocycles. The summed E-state index contributed by atoms with van der Waals surface area (Å²) in [6.07, 6.45) is 0.827. The SMILES string of the molecule is CCCN1C(=O)c2[nH]nc(-c3cc(Cl)ccc3O)c2C1c1ccc(OC)cc1. The number of nitrogens with zero attached hydrogens (tertiary/aromatic N) is 2. The van der Waals surface area contributed by atoms with Crippen molar-refractivity contribution in [2.75, 3.05) is 13.7 Å². The van der Waals surface area contributed by atoms with Gasteiger partial charge in [-0.3, -0.25) is 9.89 Å². The van der Waals surface area contributed by atoms with E-state index in [-0.39, 0.29) is 17.7 Å². The van der Waals surface area contributed by atoms with E-state index in [2.05, 4.69) is 10.2 Å². The van der Waals surface area contributed by atoms with Gasteiger partial charge in [0.15, 0.2) is 0 Å². The number of hydrogen-bond acceptors (Lipinski definition) is 4. The minimum Gasteiger partial charge on any atom is -0.507 e. The molecule has 2 heterocycles. The largest absolute Gasteiger partial charge is 0.507 e. The Labute approximate surface area is 167 Å². The number of aromatic amines is 1. The molecule has 3 aromatic rings. The van der Waals surface area contributed by atoms with E-state index < -0.39 is 0 Å². The van der Waals surface area contributed by atoms with E-state index in [1.54, 1.807) is 19.2 Å². The first-order valence-electron chi connectivity index (χ1n) is 9.07. The van der Waals surface area contributed by atoms with Crippen LogP contribution in [0.3, 0.4) is 0 Å². The fraction of sp³-hybridized carbons (Fsp3) is 0.238. The molecular formula is C21H20ClN3O3. The van der Waals surface area contributed by atoms with E-state index in [1.165, 1.54) is 6.07 Å². The van der Waals surface area contributed by atoms with E-state index in [0.29, 0.717) is 28.5 Å². The van der Waals surface area contributed by atoms with Crippen LogP contribution in [0.4, 0.5) is 0 Å². The van der Waals surface area contributed by atoms with E-state index in [4.69, 9.17) is 16.3 Å². The Morgan fingerprint density at radius 3 is 2.68 bits per heavy atom. The van der Waals surface area contributed by atoms with Crippen molar-refractivity contribution in [1.29, 1.82) is 0 Å². The van der Waals surface area contributed by atoms with Crippen LogP contribution in [0, 0.1) is 0 Å². The predicted molar refractivity (Wildman–Crippen MR) is 107 cm³/mol. The van der Waals surface area contributed by atoms with Crippen LogP contribution in [0.15, 0.2) is 42.5 Å². The Morgan fingerprint density at radius 1 is 1.25 bits per heavy atom. The number of phenolic OH excluding ortho intramolecular Hbond substituents is 1. The lowest BCUT2D eigenvalue weighted by Crippen LogP contribution is -2.30. The van der Waals surface area contributed by atoms with Crippen LogP contribution in [0.25, 0.3) is 11.3 Å². The van der Waals surface area contributed by atoms with Crippen molar-refractivity contribution in [3.05, 3.63) is 64.3 Å². The number of ether oxygens (including phenoxy) is 1. The number of aromatic nitrogens is 2. The van der Waals surface area contributed by atoms with Crippen molar-refractivity contribution in [2.24, 2.45) is 0 Å². The van der Waals surface area contributed by atoms with Crippen molar-refractivity contribution >= 4 is 17.5 Å². The number of carbonyl (C=O) groups excluding carboxylic acids is 1. The second-order valence-electron chi connectivity index (χ2n) is 6.70. The van der Waals surface area contributed by atoms with Crippen molar-refractivity contribution in [1.82, 2.24) is 15.1 Å². The standard InChI is InChI=1S/C21H20ClN3O3/c1-3-10-25-20(12-4-7-14(28-2)8-5-12)17-18(23-24-19(17)21(25)27)15-11-13(22)6-9-16(15)26/h4-9,11,20,26H,3,10H2,1-2H3,(H,23,24). The van der Waals surface area contributed by atoms with Gasteiger partial charge in [-0.1, -0.05) is 30.7 Å². The first kappa shape index (κ1) is 18.4. The Bertz CT molecular complexity index is 1030. The molecule has 0 bridgehead atoms. The number of hydrogen-bond donors (Lipinski definition) is 2. The van der Waals surface area contributed by atoms with Crippen molar-refractivity contribution < 1.29 is 14.6 Å². The van der Waals surface area contributed by atoms with Gasteiger partial charge in [-0.25, -0.2) is 0 Å². The van der Waals surface area contributed by atoms with Gasteiger partial charge in [0, 0.05) is 22.7 Å². The average molecular weight is 398 g/mol. The van der Waals surface area contributed by atoms with Crippen LogP contribution < -0.4 is 4.74 Å². The van der Waals surface area contributed by atoms with Crippen molar-refractivity contribution in [3.63, 3.8) is 0 Å². The van der Waals surface area contributed by atoms with E-state index >= 15 is 0 Å². The van der Waals surface area contributed by atoms with E-state index in [9.17, 15) is 9.90 Å². The summed E-state index contributed by atoms with van der Waals surface area (Å²) >= 11 is 6.14. The number of benzene rings is 2. The summed E-state index contributed by atoms with van der Waals surface area (Å²) in [6, 6.07) is 12.1. The Morgan fingerprint density at radius 2 is 2.00 bits per heavy atom. The van der Waals surface area contributed by atoms with Gasteiger partial charge in [0.05, 0.1) is 13.2 Å². The van der Waals surface area contributed by atoms with E-state index in [0.717, 1.165) is 23.3 Å². The summed E-state index contributed by atoms with van der Waals surface area (Å²) in [6.45, 7) is 2.64. The van der Waals surface area contributed by atoms with Crippen LogP contribution in [-0.2, 0) is 0 Å². The van der Waals surface area contributed by atoms with Crippen LogP contribution in [-0.4, -0.2) is 39.8 Å². The predicted octanol–water partition coefficient (Wildman–Crippen LogP) is 4.40. The van der Waals surface area contributed by atoms with Gasteiger partial charge >= 0.3 is 0 Å². The number of rotatable bonds is 5. The summed E-state index contributed by atoms with van der Waals surface area (Å²) in [7, 11) is 1.62. The summed E-state index contributed by atoms with van der Waals surface area (Å²) in [5.74, 6) is 0.710. The van der Waals surface area contributed by atoms with Gasteiger partial charge < -0.3 is 14.7 Å². The highest BCUT2D eigenvalue weighted by Gasteiger charge is 2.42. The van der Waals surface area contributed by atoms with Gasteiger partial charge in [-0.2, -0.15) is 5.10 Å². The quantitative estimate of drug-likeness (QED) is 0.668. The maximum atomic E-state index is 13.0. The number of nitrogens with one attached hydrogen (secondary N) is 1. The maximum Gasteiger partial charge on any atom is 0.273 e. The number of amides is 1. The zero-order chi connectivity index (χ0) is 19.8. The third-order valence-electron chi connectivity index (χ3n) is 4.97. The average Bonchev–Trinajstić information content (AvgIpc) is 3.24. The molecule has 0 fully saturated rings. The number of carbonyl (C=O) groups is 1. The number of aromatic hydroxyl groups is 1. The molecule has 1 aliphatic rings. The molecule has 4 rings (SSSR count). The minimum absolute atomic E-state index is 0.0635. The zero-order valence-corrected chi connectivity index (χ0v) is 16.3. The van der Waals surface area contributed by atoms with Crippen molar-refractivity contribution in [2.45, 2.75) is 19.4 Å². The number of phenols is 1. The van der Waals surface area contributed by atoms with Crippen LogP contribution in [0.5, 0.6) is 11.5 Å². The molecule has 1 aromatic heterocycles. The Balaban J connectivity index is 1.90. The summed E-state index contributed by atoms with van der Waals surface area (Å²) in [5, 5.41) is 18.1. The van der Waals surface area contributed by atoms with Gasteiger partial charge in [0.2, 0.25) is 0 Å². The second-order valence-corrected chi connectivity index (χ2v) is 7.13. The summed E-state index contributed by atoms with van der Waals surface area (Å²) in [4.78, 5) is 14.9. The molecule has 0 radical (unpaired) electrons. The second kappa shape index (κ2) is 7.20. The van der Waals surface area contributed by atoms with Gasteiger partial charge in [0.25, 0.3) is 5.91 Å². The molecule has 28 heavy (non-hydrogen) atoms. The fourth-order valence-electron chi connectivity index (χ4n) is 3.70. The normalized spacial score (nSPS) is 15.8. The molecule has 0 aliphatic carbocycles. The lowest BCUT2D eigenvalue weighted by molar-refractivity contribution is 0.0744. The summed E-state index contributed by atoms with van der Waals surface area (Å²) in [5.41, 5.74) is 3.17. The highest BCUT2D eigenvalue weighted by molar-refractivity contribution is 6.31. The number of fused-ring (bicyclic) bond motifs is 1. The molecule has 7 heteroatoms. The first-order valence-corrected chi connectivity index (χ1v) is 9.45. The minimum atomic E-state index is -0.305. The fourth-order valence-corrected chi connectivity index (χ4v) is 3.88. The van der Waals surface area contributed by atoms with E-state index in [1.807, 2.05) is 36.1 Å². The van der Waals surface area contributed by atoms with Gasteiger partial charge in [-0.15, -0.1) is 0 Å². The third kappa shape index (κ3) is 2.90. The molecule has 0 saturated carbocycles. The first-order chi connectivity index (χ1) is 13.5. The monoisotopic (exact) mass is 397 g/mol. The molecule has 1 unspecified atom stereocenters. The lowest BCUT2D eigenvalue weighted by Gasteiger charge is -2.26. The smallest absolute Gasteiger partial charge is 0.273 e. The van der Waals surface area contributed by atoms with Crippen LogP contribution >= 0.6 is 11.6 Å². The Hall–Kier alpha value is -2.99. The topological polar surface area (TPSA) is 78.5 Å². The third-order valence-corrected chi connectivity index (χ3v) is 5.21. The number of halogens is 1. The van der Waals surface area contributed by atoms with Gasteiger partial charge in [0.1, 0.15) is 22.9 Å². The highest BCUT2D eigenvalue weighted by atomic mass is 35.5. The number of H-pyrrole nitrogens is 1. The highest BCUT2D eigenvalue weighted by Crippen LogP contribution is 2.45. The summed E-state index contributed by atoms with van der Waals surface area (Å²) < 4.78 is 5.26. The molecule has 144 valence electrons. The molecule has 2 aromatic carbocycles. The Kier molecular flexibility index (Phi) is 4.73. The lowest BCUT2D eigenvalue weighted by atomic mass is 9.95. The zero-order valence-electron chi connectivity index (χ0n) is 15.6. The van der Waals surface area contributed by atoms with Gasteiger partial charge in [-0.05, 0) is 42.3 Å². The molecule has 1 atom stereocenters. The molecular weight excluding hydrogens is 378 g/mol. The molecule has 0 spiro atoms. The van der Waals surface area contributed by atoms with Crippen LogP contribution in [0.2, 0.25) is 5.02 Å².